The molecule has 6 N–H and O–H groups in total. The number of hydrogen-bond acceptors (Lipinski definition) is 6. The summed E-state index contributed by atoms with van der Waals surface area (Å²) in [6, 6.07) is -0.917. The molecule has 1 aliphatic heterocycles. The minimum absolute atomic E-state index is 0.139. The van der Waals surface area contributed by atoms with Gasteiger partial charge in [-0.1, -0.05) is 0 Å². The summed E-state index contributed by atoms with van der Waals surface area (Å²) < 4.78 is 0. The molecule has 1 rings (SSSR count). The van der Waals surface area contributed by atoms with Crippen molar-refractivity contribution in [2.45, 2.75) is 24.4 Å². The second kappa shape index (κ2) is 4.86. The predicted octanol–water partition coefficient (Wildman–Crippen LogP) is -3.77. The van der Waals surface area contributed by atoms with Crippen molar-refractivity contribution < 1.29 is 25.2 Å². The molecule has 0 aliphatic carbocycles. The number of nitrogens with two attached hydrogens (primary N) is 1. The number of likely N-dealkylation sites (tertiary alicyclic amines) is 1. The van der Waals surface area contributed by atoms with Crippen LogP contribution in [-0.4, -0.2) is 75.3 Å². The molecule has 0 aromatic heterocycles. The minimum atomic E-state index is -1.37. The first-order chi connectivity index (χ1) is 7.02. The van der Waals surface area contributed by atoms with E-state index in [1.165, 1.54) is 0 Å². The Morgan fingerprint density at radius 2 is 1.93 bits per heavy atom. The second-order valence-corrected chi connectivity index (χ2v) is 3.55. The Kier molecular flexibility index (Phi) is 4.00. The van der Waals surface area contributed by atoms with Gasteiger partial charge in [-0.15, -0.1) is 0 Å². The Hall–Kier alpha value is -0.730. The maximum absolute atomic E-state index is 11.3. The first kappa shape index (κ1) is 12.3. The zero-order valence-electron chi connectivity index (χ0n) is 8.15. The number of nitrogens with zero attached hydrogens (tertiary/aromatic N) is 1. The average molecular weight is 220 g/mol. The Morgan fingerprint density at radius 3 is 2.40 bits per heavy atom. The summed E-state index contributed by atoms with van der Waals surface area (Å²) in [5, 5.41) is 37.2. The lowest BCUT2D eigenvalue weighted by atomic mass is 9.94. The van der Waals surface area contributed by atoms with Crippen molar-refractivity contribution in [2.75, 3.05) is 19.7 Å². The van der Waals surface area contributed by atoms with Crippen molar-refractivity contribution in [3.05, 3.63) is 0 Å². The van der Waals surface area contributed by atoms with E-state index in [-0.39, 0.29) is 13.1 Å². The largest absolute Gasteiger partial charge is 0.394 e. The molecule has 4 atom stereocenters. The van der Waals surface area contributed by atoms with Crippen LogP contribution in [0.1, 0.15) is 0 Å². The van der Waals surface area contributed by atoms with Crippen LogP contribution >= 0.6 is 0 Å². The summed E-state index contributed by atoms with van der Waals surface area (Å²) in [5.74, 6) is -0.487. The predicted molar refractivity (Wildman–Crippen MR) is 49.7 cm³/mol. The van der Waals surface area contributed by atoms with Gasteiger partial charge in [-0.05, 0) is 0 Å². The Labute approximate surface area is 86.7 Å². The van der Waals surface area contributed by atoms with Gasteiger partial charge in [0.2, 0.25) is 5.91 Å². The minimum Gasteiger partial charge on any atom is -0.394 e. The lowest BCUT2D eigenvalue weighted by Gasteiger charge is -2.42. The fraction of sp³-hybridized carbons (Fsp3) is 0.875. The van der Waals surface area contributed by atoms with E-state index in [1.54, 1.807) is 0 Å². The molecular formula is C8H16N2O5. The summed E-state index contributed by atoms with van der Waals surface area (Å²) >= 11 is 0. The van der Waals surface area contributed by atoms with Gasteiger partial charge < -0.3 is 31.1 Å². The van der Waals surface area contributed by atoms with Gasteiger partial charge in [0.15, 0.2) is 0 Å². The van der Waals surface area contributed by atoms with Crippen LogP contribution in [0.4, 0.5) is 0 Å². The molecule has 1 aliphatic rings. The van der Waals surface area contributed by atoms with Gasteiger partial charge in [0.1, 0.15) is 18.3 Å². The average Bonchev–Trinajstić information content (AvgIpc) is 2.24. The SMILES string of the molecule is NCC(=O)N1C[C@H](O)[C@@H](O)[C@H](O)[C@H]1CO. The van der Waals surface area contributed by atoms with Crippen molar-refractivity contribution in [2.24, 2.45) is 5.73 Å². The van der Waals surface area contributed by atoms with E-state index in [4.69, 9.17) is 10.8 Å². The molecule has 0 saturated carbocycles. The third-order valence-corrected chi connectivity index (χ3v) is 2.60. The van der Waals surface area contributed by atoms with Crippen molar-refractivity contribution >= 4 is 5.91 Å². The molecule has 0 radical (unpaired) electrons. The highest BCUT2D eigenvalue weighted by atomic mass is 16.4. The number of amides is 1. The molecular weight excluding hydrogens is 204 g/mol. The van der Waals surface area contributed by atoms with Gasteiger partial charge >= 0.3 is 0 Å². The number of β-amino-alcohol motifs (C(OH)–C–C–N with tert-alkyl or cyclic N) is 1. The van der Waals surface area contributed by atoms with Crippen molar-refractivity contribution in [3.8, 4) is 0 Å². The molecule has 7 nitrogen and oxygen atoms in total. The van der Waals surface area contributed by atoms with Crippen LogP contribution in [0.2, 0.25) is 0 Å². The Balaban J connectivity index is 2.82. The van der Waals surface area contributed by atoms with Gasteiger partial charge in [-0.3, -0.25) is 4.79 Å². The van der Waals surface area contributed by atoms with Crippen LogP contribution in [0.25, 0.3) is 0 Å². The first-order valence-electron chi connectivity index (χ1n) is 4.67. The number of hydrogen-bond donors (Lipinski definition) is 5. The van der Waals surface area contributed by atoms with Crippen molar-refractivity contribution in [1.29, 1.82) is 0 Å². The van der Waals surface area contributed by atoms with Crippen LogP contribution in [0.5, 0.6) is 0 Å². The quantitative estimate of drug-likeness (QED) is 0.325. The maximum Gasteiger partial charge on any atom is 0.236 e. The van der Waals surface area contributed by atoms with E-state index in [0.717, 1.165) is 4.90 Å². The topological polar surface area (TPSA) is 127 Å². The van der Waals surface area contributed by atoms with E-state index in [9.17, 15) is 20.1 Å². The number of aliphatic hydroxyl groups excluding tert-OH is 4. The second-order valence-electron chi connectivity index (χ2n) is 3.55. The monoisotopic (exact) mass is 220 g/mol. The van der Waals surface area contributed by atoms with Gasteiger partial charge in [0.05, 0.1) is 19.2 Å². The molecule has 0 aromatic rings. The molecule has 0 bridgehead atoms. The fourth-order valence-electron chi connectivity index (χ4n) is 1.70. The molecule has 88 valence electrons. The van der Waals surface area contributed by atoms with E-state index in [0.29, 0.717) is 0 Å². The molecule has 15 heavy (non-hydrogen) atoms. The fourth-order valence-corrected chi connectivity index (χ4v) is 1.70. The maximum atomic E-state index is 11.3. The van der Waals surface area contributed by atoms with E-state index in [1.807, 2.05) is 0 Å². The van der Waals surface area contributed by atoms with Crippen molar-refractivity contribution in [1.82, 2.24) is 4.90 Å². The number of carbonyl (C=O) groups is 1. The van der Waals surface area contributed by atoms with Crippen molar-refractivity contribution in [3.63, 3.8) is 0 Å². The molecule has 0 spiro atoms. The number of rotatable bonds is 2. The van der Waals surface area contributed by atoms with E-state index in [2.05, 4.69) is 0 Å². The standard InChI is InChI=1S/C8H16N2O5/c9-1-6(13)10-2-5(12)8(15)7(14)4(10)3-11/h4-5,7-8,11-12,14-15H,1-3,9H2/t4-,5+,7-,8-/m1/s1. The van der Waals surface area contributed by atoms with E-state index < -0.39 is 36.9 Å². The summed E-state index contributed by atoms with van der Waals surface area (Å²) in [6.07, 6.45) is -3.95. The smallest absolute Gasteiger partial charge is 0.236 e. The summed E-state index contributed by atoms with van der Waals surface area (Å²) in [5.41, 5.74) is 5.15. The zero-order chi connectivity index (χ0) is 11.6. The Morgan fingerprint density at radius 1 is 1.33 bits per heavy atom. The number of aliphatic hydroxyl groups is 4. The lowest BCUT2D eigenvalue weighted by Crippen LogP contribution is -2.64. The molecule has 1 amide bonds. The highest BCUT2D eigenvalue weighted by molar-refractivity contribution is 5.78. The number of carbonyl (C=O) groups excluding carboxylic acids is 1. The van der Waals surface area contributed by atoms with Crippen LogP contribution in [0, 0.1) is 0 Å². The highest BCUT2D eigenvalue weighted by Gasteiger charge is 2.42. The highest BCUT2D eigenvalue weighted by Crippen LogP contribution is 2.18. The van der Waals surface area contributed by atoms with Gasteiger partial charge in [0, 0.05) is 6.54 Å². The van der Waals surface area contributed by atoms with Crippen LogP contribution in [0.3, 0.4) is 0 Å². The third kappa shape index (κ3) is 2.27. The molecule has 1 heterocycles. The van der Waals surface area contributed by atoms with Crippen LogP contribution in [-0.2, 0) is 4.79 Å². The molecule has 0 aromatic carbocycles. The van der Waals surface area contributed by atoms with Crippen LogP contribution in [0.15, 0.2) is 0 Å². The first-order valence-corrected chi connectivity index (χ1v) is 4.67. The van der Waals surface area contributed by atoms with Crippen LogP contribution < -0.4 is 5.73 Å². The van der Waals surface area contributed by atoms with Gasteiger partial charge in [0.25, 0.3) is 0 Å². The summed E-state index contributed by atoms with van der Waals surface area (Å²) in [6.45, 7) is -0.901. The molecule has 1 fully saturated rings. The molecule has 0 unspecified atom stereocenters. The van der Waals surface area contributed by atoms with Gasteiger partial charge in [-0.2, -0.15) is 0 Å². The Bertz CT molecular complexity index is 237. The number of piperidine rings is 1. The summed E-state index contributed by atoms with van der Waals surface area (Å²) in [7, 11) is 0. The molecule has 7 heteroatoms. The molecule has 1 saturated heterocycles. The van der Waals surface area contributed by atoms with E-state index >= 15 is 0 Å². The van der Waals surface area contributed by atoms with Gasteiger partial charge in [-0.25, -0.2) is 0 Å². The zero-order valence-corrected chi connectivity index (χ0v) is 8.15. The normalized spacial score (nSPS) is 36.7. The third-order valence-electron chi connectivity index (χ3n) is 2.60. The summed E-state index contributed by atoms with van der Waals surface area (Å²) in [4.78, 5) is 12.4. The lowest BCUT2D eigenvalue weighted by molar-refractivity contribution is -0.165.